The molecule has 1 aromatic heterocycles. The Morgan fingerprint density at radius 3 is 2.56 bits per heavy atom. The molecule has 0 radical (unpaired) electrons. The summed E-state index contributed by atoms with van der Waals surface area (Å²) >= 11 is 1.23. The minimum atomic E-state index is -1.20. The Morgan fingerprint density at radius 1 is 1.12 bits per heavy atom. The predicted octanol–water partition coefficient (Wildman–Crippen LogP) is 2.57. The van der Waals surface area contributed by atoms with Crippen LogP contribution in [0.25, 0.3) is 0 Å². The number of anilines is 1. The molecule has 2 rings (SSSR count). The first kappa shape index (κ1) is 10.9. The molecule has 0 bridgehead atoms. The Bertz CT molecular complexity index is 487. The zero-order valence-corrected chi connectivity index (χ0v) is 8.69. The molecule has 0 fully saturated rings. The molecule has 1 heterocycles. The van der Waals surface area contributed by atoms with E-state index in [2.05, 4.69) is 15.5 Å². The van der Waals surface area contributed by atoms with Gasteiger partial charge in [0.25, 0.3) is 0 Å². The Labute approximate surface area is 92.9 Å². The molecule has 3 nitrogen and oxygen atoms in total. The van der Waals surface area contributed by atoms with Gasteiger partial charge in [0.1, 0.15) is 11.3 Å². The molecule has 0 aliphatic carbocycles. The first-order valence-corrected chi connectivity index (χ1v) is 5.18. The van der Waals surface area contributed by atoms with Gasteiger partial charge in [-0.2, -0.15) is 0 Å². The van der Waals surface area contributed by atoms with Crippen molar-refractivity contribution in [3.63, 3.8) is 0 Å². The summed E-state index contributed by atoms with van der Waals surface area (Å²) < 4.78 is 38.6. The molecular weight excluding hydrogens is 239 g/mol. The van der Waals surface area contributed by atoms with Gasteiger partial charge in [0.2, 0.25) is 5.13 Å². The molecule has 1 N–H and O–H groups in total. The lowest BCUT2D eigenvalue weighted by Crippen LogP contribution is -2.03. The predicted molar refractivity (Wildman–Crippen MR) is 53.6 cm³/mol. The molecular formula is C9H6F3N3S. The highest BCUT2D eigenvalue weighted by Crippen LogP contribution is 2.16. The molecule has 2 aromatic rings. The van der Waals surface area contributed by atoms with Crippen LogP contribution in [0.4, 0.5) is 18.3 Å². The molecule has 0 amide bonds. The van der Waals surface area contributed by atoms with E-state index >= 15 is 0 Å². The fourth-order valence-electron chi connectivity index (χ4n) is 1.12. The standard InChI is InChI=1S/C9H6F3N3S/c10-6-2-8(12)7(11)1-5(6)3-13-9-15-14-4-16-9/h1-2,4H,3H2,(H,13,15). The minimum Gasteiger partial charge on any atom is -0.356 e. The van der Waals surface area contributed by atoms with Crippen LogP contribution in [0, 0.1) is 17.5 Å². The maximum absolute atomic E-state index is 13.2. The summed E-state index contributed by atoms with van der Waals surface area (Å²) in [6, 6.07) is 1.34. The molecule has 0 atom stereocenters. The summed E-state index contributed by atoms with van der Waals surface area (Å²) in [5.41, 5.74) is 1.54. The molecule has 0 aliphatic rings. The zero-order valence-electron chi connectivity index (χ0n) is 7.88. The van der Waals surface area contributed by atoms with Gasteiger partial charge in [-0.25, -0.2) is 13.2 Å². The van der Waals surface area contributed by atoms with Gasteiger partial charge >= 0.3 is 0 Å². The second-order valence-electron chi connectivity index (χ2n) is 2.96. The Hall–Kier alpha value is -1.63. The van der Waals surface area contributed by atoms with Gasteiger partial charge in [-0.05, 0) is 6.07 Å². The van der Waals surface area contributed by atoms with E-state index in [1.165, 1.54) is 16.8 Å². The SMILES string of the molecule is Fc1cc(F)c(CNc2nncs2)cc1F. The molecule has 0 saturated carbocycles. The highest BCUT2D eigenvalue weighted by molar-refractivity contribution is 7.13. The van der Waals surface area contributed by atoms with Crippen molar-refractivity contribution in [2.24, 2.45) is 0 Å². The van der Waals surface area contributed by atoms with Crippen LogP contribution in [0.15, 0.2) is 17.6 Å². The Morgan fingerprint density at radius 2 is 1.88 bits per heavy atom. The normalized spacial score (nSPS) is 10.4. The van der Waals surface area contributed by atoms with E-state index in [0.717, 1.165) is 6.07 Å². The quantitative estimate of drug-likeness (QED) is 0.844. The van der Waals surface area contributed by atoms with Gasteiger partial charge in [0.15, 0.2) is 11.6 Å². The van der Waals surface area contributed by atoms with Crippen LogP contribution in [0.5, 0.6) is 0 Å². The van der Waals surface area contributed by atoms with Crippen molar-refractivity contribution in [3.05, 3.63) is 40.7 Å². The number of aromatic nitrogens is 2. The van der Waals surface area contributed by atoms with Crippen LogP contribution in [0.1, 0.15) is 5.56 Å². The van der Waals surface area contributed by atoms with E-state index in [-0.39, 0.29) is 12.1 Å². The number of halogens is 3. The zero-order chi connectivity index (χ0) is 11.5. The second kappa shape index (κ2) is 4.48. The molecule has 0 saturated heterocycles. The maximum Gasteiger partial charge on any atom is 0.205 e. The lowest BCUT2D eigenvalue weighted by atomic mass is 10.2. The van der Waals surface area contributed by atoms with Crippen molar-refractivity contribution in [3.8, 4) is 0 Å². The largest absolute Gasteiger partial charge is 0.356 e. The van der Waals surface area contributed by atoms with E-state index in [1.807, 2.05) is 0 Å². The number of rotatable bonds is 3. The van der Waals surface area contributed by atoms with Crippen LogP contribution < -0.4 is 5.32 Å². The fraction of sp³-hybridized carbons (Fsp3) is 0.111. The summed E-state index contributed by atoms with van der Waals surface area (Å²) in [6.45, 7) is 0.0260. The van der Waals surface area contributed by atoms with Crippen molar-refractivity contribution in [1.82, 2.24) is 10.2 Å². The summed E-state index contributed by atoms with van der Waals surface area (Å²) in [4.78, 5) is 0. The highest BCUT2D eigenvalue weighted by Gasteiger charge is 2.09. The topological polar surface area (TPSA) is 37.8 Å². The lowest BCUT2D eigenvalue weighted by molar-refractivity contribution is 0.490. The van der Waals surface area contributed by atoms with Crippen molar-refractivity contribution < 1.29 is 13.2 Å². The minimum absolute atomic E-state index is 0.0260. The van der Waals surface area contributed by atoms with Gasteiger partial charge in [0, 0.05) is 18.2 Å². The van der Waals surface area contributed by atoms with Crippen LogP contribution in [0.3, 0.4) is 0 Å². The molecule has 16 heavy (non-hydrogen) atoms. The van der Waals surface area contributed by atoms with Gasteiger partial charge in [0.05, 0.1) is 0 Å². The molecule has 0 aliphatic heterocycles. The molecule has 1 aromatic carbocycles. The maximum atomic E-state index is 13.2. The van der Waals surface area contributed by atoms with E-state index < -0.39 is 17.5 Å². The highest BCUT2D eigenvalue weighted by atomic mass is 32.1. The number of benzene rings is 1. The third-order valence-electron chi connectivity index (χ3n) is 1.88. The van der Waals surface area contributed by atoms with E-state index in [1.54, 1.807) is 0 Å². The van der Waals surface area contributed by atoms with Crippen molar-refractivity contribution in [1.29, 1.82) is 0 Å². The average molecular weight is 245 g/mol. The second-order valence-corrected chi connectivity index (χ2v) is 3.79. The van der Waals surface area contributed by atoms with Gasteiger partial charge in [-0.1, -0.05) is 11.3 Å². The third kappa shape index (κ3) is 2.30. The van der Waals surface area contributed by atoms with Crippen LogP contribution in [0.2, 0.25) is 0 Å². The van der Waals surface area contributed by atoms with Crippen LogP contribution >= 0.6 is 11.3 Å². The monoisotopic (exact) mass is 245 g/mol. The van der Waals surface area contributed by atoms with E-state index in [9.17, 15) is 13.2 Å². The molecule has 0 spiro atoms. The molecule has 7 heteroatoms. The smallest absolute Gasteiger partial charge is 0.205 e. The van der Waals surface area contributed by atoms with Crippen molar-refractivity contribution >= 4 is 16.5 Å². The van der Waals surface area contributed by atoms with Crippen LogP contribution in [-0.4, -0.2) is 10.2 Å². The molecule has 0 unspecified atom stereocenters. The first-order chi connectivity index (χ1) is 7.66. The summed E-state index contributed by atoms with van der Waals surface area (Å²) in [7, 11) is 0. The average Bonchev–Trinajstić information content (AvgIpc) is 2.74. The van der Waals surface area contributed by atoms with Crippen molar-refractivity contribution in [2.45, 2.75) is 6.54 Å². The van der Waals surface area contributed by atoms with Gasteiger partial charge < -0.3 is 5.32 Å². The lowest BCUT2D eigenvalue weighted by Gasteiger charge is -2.04. The Balaban J connectivity index is 2.12. The fourth-order valence-corrected chi connectivity index (χ4v) is 1.56. The van der Waals surface area contributed by atoms with Crippen LogP contribution in [-0.2, 0) is 6.54 Å². The van der Waals surface area contributed by atoms with E-state index in [0.29, 0.717) is 11.2 Å². The third-order valence-corrected chi connectivity index (χ3v) is 2.53. The number of nitrogens with one attached hydrogen (secondary N) is 1. The Kier molecular flexibility index (Phi) is 3.04. The summed E-state index contributed by atoms with van der Waals surface area (Å²) in [5, 5.41) is 10.5. The summed E-state index contributed by atoms with van der Waals surface area (Å²) in [5.74, 6) is -3.07. The van der Waals surface area contributed by atoms with Gasteiger partial charge in [-0.15, -0.1) is 10.2 Å². The van der Waals surface area contributed by atoms with Gasteiger partial charge in [-0.3, -0.25) is 0 Å². The van der Waals surface area contributed by atoms with E-state index in [4.69, 9.17) is 0 Å². The summed E-state index contributed by atoms with van der Waals surface area (Å²) in [6.07, 6.45) is 0. The number of hydrogen-bond donors (Lipinski definition) is 1. The number of nitrogens with zero attached hydrogens (tertiary/aromatic N) is 2. The van der Waals surface area contributed by atoms with Crippen molar-refractivity contribution in [2.75, 3.05) is 5.32 Å². The molecule has 84 valence electrons. The first-order valence-electron chi connectivity index (χ1n) is 4.30. The number of hydrogen-bond acceptors (Lipinski definition) is 4.